The highest BCUT2D eigenvalue weighted by atomic mass is 28.4. The fourth-order valence-electron chi connectivity index (χ4n) is 2.94. The van der Waals surface area contributed by atoms with Gasteiger partial charge in [-0.1, -0.05) is 102 Å². The van der Waals surface area contributed by atoms with Crippen LogP contribution in [0.4, 0.5) is 0 Å². The van der Waals surface area contributed by atoms with Crippen molar-refractivity contribution in [3.63, 3.8) is 0 Å². The highest BCUT2D eigenvalue weighted by Crippen LogP contribution is 2.50. The Labute approximate surface area is 139 Å². The second-order valence-electron chi connectivity index (χ2n) is 10.8. The van der Waals surface area contributed by atoms with Crippen molar-refractivity contribution in [3.05, 3.63) is 23.6 Å². The van der Waals surface area contributed by atoms with E-state index in [-0.39, 0.29) is 0 Å². The lowest BCUT2D eigenvalue weighted by Gasteiger charge is -2.49. The van der Waals surface area contributed by atoms with E-state index < -0.39 is 32.3 Å². The Hall–Kier alpha value is 0.348. The van der Waals surface area contributed by atoms with Gasteiger partial charge >= 0.3 is 0 Å². The molecule has 4 heteroatoms. The Morgan fingerprint density at radius 2 is 0.714 bits per heavy atom. The minimum Gasteiger partial charge on any atom is -0.0986 e. The zero-order valence-corrected chi connectivity index (χ0v) is 20.8. The van der Waals surface area contributed by atoms with Crippen LogP contribution < -0.4 is 0 Å². The molecule has 0 unspecified atom stereocenters. The van der Waals surface area contributed by atoms with Crippen LogP contribution >= 0.6 is 0 Å². The van der Waals surface area contributed by atoms with Gasteiger partial charge in [0.15, 0.2) is 0 Å². The Kier molecular flexibility index (Phi) is 6.56. The summed E-state index contributed by atoms with van der Waals surface area (Å²) in [6.07, 6.45) is 5.35. The van der Waals surface area contributed by atoms with E-state index in [1.54, 1.807) is 0 Å². The third-order valence-electron chi connectivity index (χ3n) is 4.17. The van der Waals surface area contributed by atoms with E-state index in [9.17, 15) is 0 Å². The lowest BCUT2D eigenvalue weighted by molar-refractivity contribution is 1.08. The molecule has 0 aliphatic heterocycles. The maximum absolute atomic E-state index is 2.67. The summed E-state index contributed by atoms with van der Waals surface area (Å²) in [7, 11) is -4.99. The van der Waals surface area contributed by atoms with Crippen LogP contribution in [0.5, 0.6) is 0 Å². The van der Waals surface area contributed by atoms with Crippen molar-refractivity contribution in [1.82, 2.24) is 0 Å². The van der Waals surface area contributed by atoms with Gasteiger partial charge in [0.2, 0.25) is 0 Å². The van der Waals surface area contributed by atoms with E-state index in [1.807, 2.05) is 0 Å². The average Bonchev–Trinajstić information content (AvgIpc) is 2.09. The summed E-state index contributed by atoms with van der Waals surface area (Å²) < 4.78 is 0.376. The molecule has 0 radical (unpaired) electrons. The summed E-state index contributed by atoms with van der Waals surface area (Å²) in [5, 5.41) is 0. The van der Waals surface area contributed by atoms with Crippen LogP contribution in [0.3, 0.4) is 0 Å². The average molecular weight is 357 g/mol. The van der Waals surface area contributed by atoms with Crippen molar-refractivity contribution in [2.24, 2.45) is 0 Å². The van der Waals surface area contributed by atoms with Crippen molar-refractivity contribution in [2.75, 3.05) is 0 Å². The first-order chi connectivity index (χ1) is 8.91. The summed E-state index contributed by atoms with van der Waals surface area (Å²) in [6, 6.07) is 0. The first kappa shape index (κ1) is 21.3. The van der Waals surface area contributed by atoms with Gasteiger partial charge < -0.3 is 0 Å². The molecular weight excluding hydrogens is 317 g/mol. The second-order valence-corrected chi connectivity index (χ2v) is 32.1. The van der Waals surface area contributed by atoms with Crippen molar-refractivity contribution in [3.8, 4) is 0 Å². The second kappa shape index (κ2) is 6.46. The van der Waals surface area contributed by atoms with Crippen molar-refractivity contribution in [1.29, 1.82) is 0 Å². The molecule has 0 aliphatic rings. The maximum Gasteiger partial charge on any atom is 0.0682 e. The van der Waals surface area contributed by atoms with Gasteiger partial charge in [0.05, 0.1) is 32.3 Å². The van der Waals surface area contributed by atoms with Crippen LogP contribution in [0.1, 0.15) is 0 Å². The van der Waals surface area contributed by atoms with Gasteiger partial charge in [-0.2, -0.15) is 0 Å². The Balaban J connectivity index is 6.18. The van der Waals surface area contributed by atoms with E-state index in [4.69, 9.17) is 0 Å². The predicted octanol–water partition coefficient (Wildman–Crippen LogP) is 6.81. The highest BCUT2D eigenvalue weighted by Gasteiger charge is 2.49. The molecule has 0 N–H and O–H groups in total. The normalized spacial score (nSPS) is 16.2. The molecule has 0 spiro atoms. The van der Waals surface area contributed by atoms with Gasteiger partial charge in [-0.05, 0) is 4.66 Å². The molecule has 0 aromatic carbocycles. The molecule has 0 saturated carbocycles. The van der Waals surface area contributed by atoms with Crippen molar-refractivity contribution in [2.45, 2.75) is 83.2 Å². The standard InChI is InChI=1S/C17H40Si4/c1-18(2,3)15-13-17(20(7,8)9,21(10,11)12)14-16-19(4,5)6/h13-16H,1-12H3. The third kappa shape index (κ3) is 6.55. The van der Waals surface area contributed by atoms with Crippen LogP contribution in [0.2, 0.25) is 83.2 Å². The summed E-state index contributed by atoms with van der Waals surface area (Å²) in [6.45, 7) is 30.1. The molecular formula is C17H40Si4. The SMILES string of the molecule is C[Si](C)(C)C=CC(C=C[Si](C)(C)C)([Si](C)(C)C)[Si](C)(C)C. The van der Waals surface area contributed by atoms with Gasteiger partial charge in [0.1, 0.15) is 0 Å². The summed E-state index contributed by atoms with van der Waals surface area (Å²) in [4.78, 5) is 0. The number of hydrogen-bond donors (Lipinski definition) is 0. The predicted molar refractivity (Wildman–Crippen MR) is 114 cm³/mol. The monoisotopic (exact) mass is 356 g/mol. The van der Waals surface area contributed by atoms with Crippen molar-refractivity contribution < 1.29 is 0 Å². The molecule has 0 amide bonds. The van der Waals surface area contributed by atoms with E-state index in [0.29, 0.717) is 4.66 Å². The van der Waals surface area contributed by atoms with Gasteiger partial charge in [0, 0.05) is 0 Å². The van der Waals surface area contributed by atoms with Crippen LogP contribution in [-0.2, 0) is 0 Å². The zero-order valence-electron chi connectivity index (χ0n) is 16.8. The molecule has 0 aliphatic carbocycles. The van der Waals surface area contributed by atoms with Crippen LogP contribution in [0, 0.1) is 0 Å². The summed E-state index contributed by atoms with van der Waals surface area (Å²) in [5.41, 5.74) is 5.22. The molecule has 124 valence electrons. The van der Waals surface area contributed by atoms with Crippen LogP contribution in [-0.4, -0.2) is 32.3 Å². The quantitative estimate of drug-likeness (QED) is 0.458. The van der Waals surface area contributed by atoms with Crippen LogP contribution in [0.15, 0.2) is 23.6 Å². The Morgan fingerprint density at radius 1 is 0.476 bits per heavy atom. The first-order valence-corrected chi connectivity index (χ1v) is 22.5. The molecule has 0 rings (SSSR count). The third-order valence-corrected chi connectivity index (χ3v) is 16.6. The van der Waals surface area contributed by atoms with Gasteiger partial charge in [0.25, 0.3) is 0 Å². The largest absolute Gasteiger partial charge is 0.0986 e. The van der Waals surface area contributed by atoms with Crippen LogP contribution in [0.25, 0.3) is 0 Å². The lowest BCUT2D eigenvalue weighted by Crippen LogP contribution is -2.52. The van der Waals surface area contributed by atoms with Crippen molar-refractivity contribution >= 4 is 32.3 Å². The van der Waals surface area contributed by atoms with Gasteiger partial charge in [-0.15, -0.1) is 0 Å². The van der Waals surface area contributed by atoms with E-state index in [1.165, 1.54) is 0 Å². The molecule has 21 heavy (non-hydrogen) atoms. The fraction of sp³-hybridized carbons (Fsp3) is 0.765. The molecule has 0 heterocycles. The van der Waals surface area contributed by atoms with E-state index in [0.717, 1.165) is 0 Å². The fourth-order valence-corrected chi connectivity index (χ4v) is 16.5. The zero-order chi connectivity index (χ0) is 17.3. The van der Waals surface area contributed by atoms with E-state index >= 15 is 0 Å². The summed E-state index contributed by atoms with van der Waals surface area (Å²) >= 11 is 0. The number of allylic oxidation sites excluding steroid dienone is 2. The topological polar surface area (TPSA) is 0 Å². The molecule has 0 saturated heterocycles. The number of rotatable bonds is 6. The highest BCUT2D eigenvalue weighted by molar-refractivity contribution is 7.00. The minimum atomic E-state index is -1.34. The molecule has 0 atom stereocenters. The molecule has 0 fully saturated rings. The van der Waals surface area contributed by atoms with E-state index in [2.05, 4.69) is 102 Å². The maximum atomic E-state index is 2.67. The Bertz CT molecular complexity index is 352. The van der Waals surface area contributed by atoms with Gasteiger partial charge in [-0.3, -0.25) is 0 Å². The summed E-state index contributed by atoms with van der Waals surface area (Å²) in [5.74, 6) is 0. The van der Waals surface area contributed by atoms with Gasteiger partial charge in [-0.25, -0.2) is 0 Å². The molecule has 0 aromatic heterocycles. The Morgan fingerprint density at radius 3 is 0.857 bits per heavy atom. The molecule has 0 nitrogen and oxygen atoms in total. The number of hydrogen-bond acceptors (Lipinski definition) is 0. The lowest BCUT2D eigenvalue weighted by atomic mass is 10.4. The first-order valence-electron chi connectivity index (χ1n) is 8.32. The minimum absolute atomic E-state index is 0.376. The molecule has 0 aromatic rings. The molecule has 0 bridgehead atoms. The smallest absolute Gasteiger partial charge is 0.0682 e.